The van der Waals surface area contributed by atoms with Gasteiger partial charge in [-0.3, -0.25) is 9.59 Å². The van der Waals surface area contributed by atoms with E-state index in [-0.39, 0.29) is 18.0 Å². The van der Waals surface area contributed by atoms with Gasteiger partial charge < -0.3 is 4.74 Å². The van der Waals surface area contributed by atoms with Gasteiger partial charge in [-0.15, -0.1) is 0 Å². The Labute approximate surface area is 93.2 Å². The van der Waals surface area contributed by atoms with Crippen molar-refractivity contribution in [1.29, 1.82) is 0 Å². The van der Waals surface area contributed by atoms with Crippen LogP contribution in [0.25, 0.3) is 0 Å². The van der Waals surface area contributed by atoms with Crippen LogP contribution in [0.3, 0.4) is 0 Å². The third-order valence-corrected chi connectivity index (χ3v) is 2.01. The SMILES string of the molecule is CCOC(=O)C(=O)c1ccc(C(C)=O)cc1. The van der Waals surface area contributed by atoms with Crippen LogP contribution in [0.15, 0.2) is 24.3 Å². The molecule has 1 aromatic rings. The molecule has 0 aromatic heterocycles. The Morgan fingerprint density at radius 3 is 2.00 bits per heavy atom. The summed E-state index contributed by atoms with van der Waals surface area (Å²) in [6, 6.07) is 5.90. The third kappa shape index (κ3) is 2.76. The van der Waals surface area contributed by atoms with Gasteiger partial charge in [0.05, 0.1) is 6.61 Å². The van der Waals surface area contributed by atoms with Gasteiger partial charge in [0.2, 0.25) is 0 Å². The van der Waals surface area contributed by atoms with Crippen molar-refractivity contribution in [3.63, 3.8) is 0 Å². The van der Waals surface area contributed by atoms with Crippen molar-refractivity contribution in [1.82, 2.24) is 0 Å². The van der Waals surface area contributed by atoms with E-state index < -0.39 is 11.8 Å². The first-order chi connectivity index (χ1) is 7.56. The Bertz CT molecular complexity index is 417. The molecule has 0 aliphatic carbocycles. The van der Waals surface area contributed by atoms with Gasteiger partial charge >= 0.3 is 5.97 Å². The lowest BCUT2D eigenvalue weighted by Gasteiger charge is -2.01. The number of hydrogen-bond donors (Lipinski definition) is 0. The van der Waals surface area contributed by atoms with Crippen molar-refractivity contribution in [2.45, 2.75) is 13.8 Å². The van der Waals surface area contributed by atoms with E-state index >= 15 is 0 Å². The molecule has 4 nitrogen and oxygen atoms in total. The Morgan fingerprint density at radius 1 is 1.06 bits per heavy atom. The van der Waals surface area contributed by atoms with Crippen LogP contribution in [0.5, 0.6) is 0 Å². The number of carbonyl (C=O) groups is 3. The first-order valence-electron chi connectivity index (χ1n) is 4.88. The standard InChI is InChI=1S/C12H12O4/c1-3-16-12(15)11(14)10-6-4-9(5-7-10)8(2)13/h4-7H,3H2,1-2H3. The second-order valence-electron chi connectivity index (χ2n) is 3.18. The van der Waals surface area contributed by atoms with Crippen LogP contribution in [-0.4, -0.2) is 24.1 Å². The molecule has 0 fully saturated rings. The zero-order valence-electron chi connectivity index (χ0n) is 9.15. The van der Waals surface area contributed by atoms with Crippen molar-refractivity contribution in [2.24, 2.45) is 0 Å². The summed E-state index contributed by atoms with van der Waals surface area (Å²) in [5.41, 5.74) is 0.726. The average Bonchev–Trinajstić information content (AvgIpc) is 2.28. The first-order valence-corrected chi connectivity index (χ1v) is 4.88. The third-order valence-electron chi connectivity index (χ3n) is 2.01. The van der Waals surface area contributed by atoms with Crippen LogP contribution in [0.2, 0.25) is 0 Å². The second-order valence-corrected chi connectivity index (χ2v) is 3.18. The van der Waals surface area contributed by atoms with Gasteiger partial charge in [-0.05, 0) is 13.8 Å². The van der Waals surface area contributed by atoms with E-state index in [9.17, 15) is 14.4 Å². The topological polar surface area (TPSA) is 60.4 Å². The summed E-state index contributed by atoms with van der Waals surface area (Å²) < 4.78 is 4.58. The number of benzene rings is 1. The Balaban J connectivity index is 2.85. The lowest BCUT2D eigenvalue weighted by atomic mass is 10.1. The molecule has 0 bridgehead atoms. The van der Waals surface area contributed by atoms with Gasteiger partial charge in [-0.1, -0.05) is 24.3 Å². The van der Waals surface area contributed by atoms with Gasteiger partial charge in [0, 0.05) is 11.1 Å². The summed E-state index contributed by atoms with van der Waals surface area (Å²) in [7, 11) is 0. The number of esters is 1. The molecule has 84 valence electrons. The van der Waals surface area contributed by atoms with Crippen LogP contribution in [0.4, 0.5) is 0 Å². The molecule has 16 heavy (non-hydrogen) atoms. The lowest BCUT2D eigenvalue weighted by Crippen LogP contribution is -2.17. The molecule has 0 saturated carbocycles. The molecule has 1 rings (SSSR count). The number of hydrogen-bond acceptors (Lipinski definition) is 4. The van der Waals surface area contributed by atoms with Crippen LogP contribution >= 0.6 is 0 Å². The molecular formula is C12H12O4. The molecule has 0 amide bonds. The number of carbonyl (C=O) groups excluding carboxylic acids is 3. The quantitative estimate of drug-likeness (QED) is 0.439. The molecule has 0 aliphatic heterocycles. The molecular weight excluding hydrogens is 208 g/mol. The van der Waals surface area contributed by atoms with Crippen LogP contribution in [-0.2, 0) is 9.53 Å². The van der Waals surface area contributed by atoms with Crippen LogP contribution in [0.1, 0.15) is 34.6 Å². The minimum absolute atomic E-state index is 0.0878. The maximum atomic E-state index is 11.5. The summed E-state index contributed by atoms with van der Waals surface area (Å²) in [5, 5.41) is 0. The lowest BCUT2D eigenvalue weighted by molar-refractivity contribution is -0.137. The number of ether oxygens (including phenoxy) is 1. The van der Waals surface area contributed by atoms with Crippen LogP contribution in [0, 0.1) is 0 Å². The van der Waals surface area contributed by atoms with Crippen molar-refractivity contribution >= 4 is 17.5 Å². The molecule has 4 heteroatoms. The van der Waals surface area contributed by atoms with Crippen LogP contribution < -0.4 is 0 Å². The fraction of sp³-hybridized carbons (Fsp3) is 0.250. The summed E-state index contributed by atoms with van der Waals surface area (Å²) in [6.45, 7) is 3.22. The molecule has 0 spiro atoms. The zero-order valence-corrected chi connectivity index (χ0v) is 9.15. The molecule has 0 heterocycles. The predicted octanol–water partition coefficient (Wildman–Crippen LogP) is 1.64. The molecule has 0 saturated heterocycles. The Kier molecular flexibility index (Phi) is 3.94. The smallest absolute Gasteiger partial charge is 0.379 e. The predicted molar refractivity (Wildman–Crippen MR) is 57.4 cm³/mol. The normalized spacial score (nSPS) is 9.62. The van der Waals surface area contributed by atoms with Gasteiger partial charge in [0.15, 0.2) is 5.78 Å². The zero-order chi connectivity index (χ0) is 12.1. The monoisotopic (exact) mass is 220 g/mol. The van der Waals surface area contributed by atoms with Gasteiger partial charge in [-0.2, -0.15) is 0 Å². The average molecular weight is 220 g/mol. The molecule has 0 unspecified atom stereocenters. The molecule has 0 N–H and O–H groups in total. The second kappa shape index (κ2) is 5.21. The van der Waals surface area contributed by atoms with Crippen molar-refractivity contribution in [2.75, 3.05) is 6.61 Å². The molecule has 1 aromatic carbocycles. The van der Waals surface area contributed by atoms with E-state index in [4.69, 9.17) is 0 Å². The minimum atomic E-state index is -0.877. The van der Waals surface area contributed by atoms with E-state index in [1.165, 1.54) is 31.2 Å². The first kappa shape index (κ1) is 12.1. The maximum Gasteiger partial charge on any atom is 0.379 e. The summed E-state index contributed by atoms with van der Waals surface area (Å²) in [6.07, 6.45) is 0. The maximum absolute atomic E-state index is 11.5. The van der Waals surface area contributed by atoms with Crippen molar-refractivity contribution in [3.8, 4) is 0 Å². The van der Waals surface area contributed by atoms with E-state index in [1.807, 2.05) is 0 Å². The number of ketones is 2. The Morgan fingerprint density at radius 2 is 1.56 bits per heavy atom. The largest absolute Gasteiger partial charge is 0.460 e. The number of rotatable bonds is 4. The van der Waals surface area contributed by atoms with Gasteiger partial charge in [0.25, 0.3) is 5.78 Å². The van der Waals surface area contributed by atoms with Crippen molar-refractivity contribution in [3.05, 3.63) is 35.4 Å². The van der Waals surface area contributed by atoms with E-state index in [1.54, 1.807) is 6.92 Å². The van der Waals surface area contributed by atoms with Gasteiger partial charge in [0.1, 0.15) is 0 Å². The van der Waals surface area contributed by atoms with Crippen molar-refractivity contribution < 1.29 is 19.1 Å². The van der Waals surface area contributed by atoms with E-state index in [0.29, 0.717) is 5.56 Å². The fourth-order valence-corrected chi connectivity index (χ4v) is 1.17. The molecule has 0 radical (unpaired) electrons. The summed E-state index contributed by atoms with van der Waals surface area (Å²) in [5.74, 6) is -1.66. The van der Waals surface area contributed by atoms with E-state index in [0.717, 1.165) is 0 Å². The van der Waals surface area contributed by atoms with E-state index in [2.05, 4.69) is 4.74 Å². The summed E-state index contributed by atoms with van der Waals surface area (Å²) >= 11 is 0. The highest BCUT2D eigenvalue weighted by molar-refractivity contribution is 6.40. The highest BCUT2D eigenvalue weighted by Gasteiger charge is 2.17. The number of Topliss-reactive ketones (excluding diaryl/α,β-unsaturated/α-hetero) is 2. The highest BCUT2D eigenvalue weighted by Crippen LogP contribution is 2.06. The minimum Gasteiger partial charge on any atom is -0.460 e. The molecule has 0 aliphatic rings. The van der Waals surface area contributed by atoms with Gasteiger partial charge in [-0.25, -0.2) is 4.79 Å². The highest BCUT2D eigenvalue weighted by atomic mass is 16.5. The molecule has 0 atom stereocenters. The Hall–Kier alpha value is -1.97. The fourth-order valence-electron chi connectivity index (χ4n) is 1.17. The summed E-state index contributed by atoms with van der Waals surface area (Å²) in [4.78, 5) is 33.6.